The van der Waals surface area contributed by atoms with Crippen molar-refractivity contribution >= 4 is 90.9 Å². The summed E-state index contributed by atoms with van der Waals surface area (Å²) in [6.07, 6.45) is 0. The van der Waals surface area contributed by atoms with E-state index in [0.717, 1.165) is 17.1 Å². The van der Waals surface area contributed by atoms with Gasteiger partial charge in [-0.1, -0.05) is 146 Å². The highest BCUT2D eigenvalue weighted by atomic mass is 32.1. The quantitative estimate of drug-likeness (QED) is 0.164. The molecule has 0 amide bonds. The number of hydrogen-bond acceptors (Lipinski definition) is 3. The van der Waals surface area contributed by atoms with Gasteiger partial charge in [0, 0.05) is 62.8 Å². The molecule has 55 heavy (non-hydrogen) atoms. The largest absolute Gasteiger partial charge is 0.311 e. The van der Waals surface area contributed by atoms with E-state index in [4.69, 9.17) is 0 Å². The van der Waals surface area contributed by atoms with Gasteiger partial charge in [0.15, 0.2) is 0 Å². The number of benzene rings is 9. The molecule has 0 aliphatic rings. The Balaban J connectivity index is 1.00. The molecule has 0 saturated heterocycles. The van der Waals surface area contributed by atoms with Gasteiger partial charge in [-0.25, -0.2) is 0 Å². The second-order valence-electron chi connectivity index (χ2n) is 14.1. The molecule has 0 N–H and O–H groups in total. The van der Waals surface area contributed by atoms with Gasteiger partial charge in [-0.3, -0.25) is 0 Å². The molecule has 2 aromatic heterocycles. The lowest BCUT2D eigenvalue weighted by Gasteiger charge is -2.26. The molecule has 3 heteroatoms. The van der Waals surface area contributed by atoms with Gasteiger partial charge >= 0.3 is 0 Å². The average Bonchev–Trinajstić information content (AvgIpc) is 3.84. The Kier molecular flexibility index (Phi) is 7.61. The van der Waals surface area contributed by atoms with Gasteiger partial charge in [-0.05, 0) is 93.4 Å². The fraction of sp³-hybridized carbons (Fsp3) is 0. The van der Waals surface area contributed by atoms with Crippen LogP contribution in [0.4, 0.5) is 17.1 Å². The van der Waals surface area contributed by atoms with Crippen LogP contribution in [0.15, 0.2) is 200 Å². The third-order valence-electron chi connectivity index (χ3n) is 10.9. The predicted molar refractivity (Wildman–Crippen MR) is 241 cm³/mol. The molecular weight excluding hydrogens is 703 g/mol. The molecule has 11 aromatic rings. The Labute approximate surface area is 327 Å². The summed E-state index contributed by atoms with van der Waals surface area (Å²) >= 11 is 3.76. The number of rotatable bonds is 6. The van der Waals surface area contributed by atoms with Crippen molar-refractivity contribution < 1.29 is 0 Å². The summed E-state index contributed by atoms with van der Waals surface area (Å²) in [5, 5.41) is 7.92. The topological polar surface area (TPSA) is 3.24 Å². The third-order valence-corrected chi connectivity index (χ3v) is 13.3. The van der Waals surface area contributed by atoms with Crippen LogP contribution in [-0.4, -0.2) is 0 Å². The molecule has 1 nitrogen and oxygen atoms in total. The number of nitrogens with zero attached hydrogens (tertiary/aromatic N) is 1. The lowest BCUT2D eigenvalue weighted by Crippen LogP contribution is -2.09. The van der Waals surface area contributed by atoms with Crippen LogP contribution in [0.2, 0.25) is 0 Å². The molecule has 2 heterocycles. The molecule has 11 rings (SSSR count). The highest BCUT2D eigenvalue weighted by molar-refractivity contribution is 7.26. The molecule has 0 saturated carbocycles. The van der Waals surface area contributed by atoms with Gasteiger partial charge in [0.05, 0.1) is 0 Å². The van der Waals surface area contributed by atoms with Crippen molar-refractivity contribution in [3.63, 3.8) is 0 Å². The van der Waals surface area contributed by atoms with Gasteiger partial charge in [-0.2, -0.15) is 0 Å². The summed E-state index contributed by atoms with van der Waals surface area (Å²) in [5.41, 5.74) is 10.7. The minimum absolute atomic E-state index is 1.11. The van der Waals surface area contributed by atoms with Crippen LogP contribution in [0.25, 0.3) is 84.5 Å². The monoisotopic (exact) mass is 735 g/mol. The number of hydrogen-bond donors (Lipinski definition) is 0. The highest BCUT2D eigenvalue weighted by Gasteiger charge is 2.17. The van der Waals surface area contributed by atoms with Crippen molar-refractivity contribution in [2.24, 2.45) is 0 Å². The van der Waals surface area contributed by atoms with Crippen LogP contribution in [-0.2, 0) is 0 Å². The Morgan fingerprint density at radius 3 is 1.45 bits per heavy atom. The first-order valence-electron chi connectivity index (χ1n) is 18.7. The lowest BCUT2D eigenvalue weighted by atomic mass is 9.96. The van der Waals surface area contributed by atoms with Crippen molar-refractivity contribution in [1.29, 1.82) is 0 Å². The molecule has 0 aliphatic carbocycles. The van der Waals surface area contributed by atoms with E-state index in [0.29, 0.717) is 0 Å². The Hall–Kier alpha value is -6.52. The van der Waals surface area contributed by atoms with E-state index in [2.05, 4.69) is 205 Å². The molecule has 0 aliphatic heterocycles. The summed E-state index contributed by atoms with van der Waals surface area (Å²) in [6, 6.07) is 73.2. The maximum Gasteiger partial charge on any atom is 0.0462 e. The Bertz CT molecular complexity index is 3170. The van der Waals surface area contributed by atoms with E-state index in [-0.39, 0.29) is 0 Å². The molecule has 0 atom stereocenters. The maximum absolute atomic E-state index is 2.37. The minimum Gasteiger partial charge on any atom is -0.311 e. The predicted octanol–water partition coefficient (Wildman–Crippen LogP) is 16.0. The summed E-state index contributed by atoms with van der Waals surface area (Å²) in [5.74, 6) is 0. The summed E-state index contributed by atoms with van der Waals surface area (Å²) < 4.78 is 5.34. The maximum atomic E-state index is 2.37. The number of anilines is 3. The van der Waals surface area contributed by atoms with Crippen LogP contribution in [0, 0.1) is 0 Å². The van der Waals surface area contributed by atoms with Crippen molar-refractivity contribution in [2.45, 2.75) is 0 Å². The Morgan fingerprint density at radius 1 is 0.273 bits per heavy atom. The first-order chi connectivity index (χ1) is 27.3. The Morgan fingerprint density at radius 2 is 0.745 bits per heavy atom. The number of fused-ring (bicyclic) bond motifs is 8. The van der Waals surface area contributed by atoms with E-state index in [1.165, 1.54) is 84.5 Å². The fourth-order valence-electron chi connectivity index (χ4n) is 8.27. The van der Waals surface area contributed by atoms with Crippen LogP contribution < -0.4 is 4.90 Å². The zero-order valence-corrected chi connectivity index (χ0v) is 31.4. The standard InChI is InChI=1S/C52H33NS2/c1-2-10-34(11-3-1)35-20-26-38(27-21-35)53(40-30-24-37(25-31-40)42-15-9-19-50-51(42)47-13-5-7-18-49(47)54-50)39-28-22-36(23-29-39)41-14-8-16-45-43(41)32-33-46-44-12-4-6-17-48(44)55-52(45)46/h1-33H. The SMILES string of the molecule is c1ccc(-c2ccc(N(c3ccc(-c4cccc5c4ccc4c6ccccc6sc54)cc3)c3ccc(-c4cccc5sc6ccccc6c45)cc3)cc2)cc1. The van der Waals surface area contributed by atoms with E-state index in [1.54, 1.807) is 0 Å². The fourth-order valence-corrected chi connectivity index (χ4v) is 10.6. The molecule has 0 radical (unpaired) electrons. The average molecular weight is 736 g/mol. The van der Waals surface area contributed by atoms with Gasteiger partial charge in [0.1, 0.15) is 0 Å². The first kappa shape index (κ1) is 32.0. The van der Waals surface area contributed by atoms with Crippen molar-refractivity contribution in [2.75, 3.05) is 4.90 Å². The molecular formula is C52H33NS2. The van der Waals surface area contributed by atoms with Gasteiger partial charge in [0.25, 0.3) is 0 Å². The second-order valence-corrected chi connectivity index (χ2v) is 16.2. The van der Waals surface area contributed by atoms with Crippen LogP contribution in [0.1, 0.15) is 0 Å². The van der Waals surface area contributed by atoms with Gasteiger partial charge in [0.2, 0.25) is 0 Å². The highest BCUT2D eigenvalue weighted by Crippen LogP contribution is 2.44. The zero-order valence-electron chi connectivity index (χ0n) is 29.8. The van der Waals surface area contributed by atoms with Crippen LogP contribution in [0.3, 0.4) is 0 Å². The lowest BCUT2D eigenvalue weighted by molar-refractivity contribution is 1.28. The summed E-state index contributed by atoms with van der Waals surface area (Å²) in [6.45, 7) is 0. The van der Waals surface area contributed by atoms with Crippen molar-refractivity contribution in [3.05, 3.63) is 200 Å². The second kappa shape index (κ2) is 13.1. The molecule has 0 fully saturated rings. The molecule has 0 unspecified atom stereocenters. The van der Waals surface area contributed by atoms with Gasteiger partial charge in [-0.15, -0.1) is 22.7 Å². The number of thiophene rings is 2. The van der Waals surface area contributed by atoms with E-state index >= 15 is 0 Å². The normalized spacial score (nSPS) is 11.6. The molecule has 9 aromatic carbocycles. The van der Waals surface area contributed by atoms with Crippen molar-refractivity contribution in [1.82, 2.24) is 0 Å². The van der Waals surface area contributed by atoms with Crippen molar-refractivity contribution in [3.8, 4) is 33.4 Å². The molecule has 0 bridgehead atoms. The van der Waals surface area contributed by atoms with Crippen LogP contribution >= 0.6 is 22.7 Å². The molecule has 0 spiro atoms. The van der Waals surface area contributed by atoms with E-state index < -0.39 is 0 Å². The summed E-state index contributed by atoms with van der Waals surface area (Å²) in [7, 11) is 0. The minimum atomic E-state index is 1.11. The van der Waals surface area contributed by atoms with Gasteiger partial charge < -0.3 is 4.90 Å². The first-order valence-corrected chi connectivity index (χ1v) is 20.3. The third kappa shape index (κ3) is 5.43. The van der Waals surface area contributed by atoms with E-state index in [9.17, 15) is 0 Å². The van der Waals surface area contributed by atoms with Crippen LogP contribution in [0.5, 0.6) is 0 Å². The van der Waals surface area contributed by atoms with E-state index in [1.807, 2.05) is 22.7 Å². The molecule has 258 valence electrons. The smallest absolute Gasteiger partial charge is 0.0462 e. The zero-order chi connectivity index (χ0) is 36.3. The summed E-state index contributed by atoms with van der Waals surface area (Å²) in [4.78, 5) is 2.37.